The van der Waals surface area contributed by atoms with Gasteiger partial charge in [-0.2, -0.15) is 0 Å². The quantitative estimate of drug-likeness (QED) is 0.850. The molecule has 0 aliphatic rings. The van der Waals surface area contributed by atoms with E-state index in [0.29, 0.717) is 6.54 Å². The second kappa shape index (κ2) is 7.29. The first-order valence-electron chi connectivity index (χ1n) is 7.28. The summed E-state index contributed by atoms with van der Waals surface area (Å²) in [5.74, 6) is 0.891. The van der Waals surface area contributed by atoms with Gasteiger partial charge in [0, 0.05) is 24.7 Å². The van der Waals surface area contributed by atoms with Crippen molar-refractivity contribution in [3.05, 3.63) is 54.0 Å². The van der Waals surface area contributed by atoms with Crippen LogP contribution in [0.1, 0.15) is 31.0 Å². The molecule has 0 radical (unpaired) electrons. The standard InChI is InChI=1S/C17H24N2O2/c1-13(2)21-16-6-4-15(5-7-16)17(10-18)19(3)11-14-8-9-20-12-14/h4-9,12-13,17H,10-11,18H2,1-3H3. The molecule has 4 nitrogen and oxygen atoms in total. The highest BCUT2D eigenvalue weighted by molar-refractivity contribution is 5.29. The van der Waals surface area contributed by atoms with Gasteiger partial charge in [0.05, 0.1) is 18.6 Å². The predicted molar refractivity (Wildman–Crippen MR) is 84.2 cm³/mol. The minimum atomic E-state index is 0.174. The molecule has 4 heteroatoms. The van der Waals surface area contributed by atoms with Crippen molar-refractivity contribution >= 4 is 0 Å². The molecule has 0 spiro atoms. The molecule has 2 rings (SSSR count). The molecule has 1 unspecified atom stereocenters. The number of nitrogens with two attached hydrogens (primary N) is 1. The fourth-order valence-corrected chi connectivity index (χ4v) is 2.39. The van der Waals surface area contributed by atoms with Gasteiger partial charge in [-0.15, -0.1) is 0 Å². The summed E-state index contributed by atoms with van der Waals surface area (Å²) in [6, 6.07) is 10.3. The molecule has 0 saturated carbocycles. The summed E-state index contributed by atoms with van der Waals surface area (Å²) in [5.41, 5.74) is 8.30. The first kappa shape index (κ1) is 15.6. The van der Waals surface area contributed by atoms with Crippen LogP contribution in [0.15, 0.2) is 47.3 Å². The third-order valence-electron chi connectivity index (χ3n) is 3.40. The van der Waals surface area contributed by atoms with Crippen molar-refractivity contribution in [2.75, 3.05) is 13.6 Å². The Morgan fingerprint density at radius 3 is 2.43 bits per heavy atom. The number of nitrogens with zero attached hydrogens (tertiary/aromatic N) is 1. The summed E-state index contributed by atoms with van der Waals surface area (Å²) < 4.78 is 10.8. The van der Waals surface area contributed by atoms with Gasteiger partial charge in [-0.1, -0.05) is 12.1 Å². The molecule has 2 N–H and O–H groups in total. The zero-order valence-electron chi connectivity index (χ0n) is 13.0. The summed E-state index contributed by atoms with van der Waals surface area (Å²) in [4.78, 5) is 2.23. The maximum absolute atomic E-state index is 5.96. The Balaban J connectivity index is 2.05. The highest BCUT2D eigenvalue weighted by Crippen LogP contribution is 2.23. The second-order valence-corrected chi connectivity index (χ2v) is 5.53. The van der Waals surface area contributed by atoms with Crippen molar-refractivity contribution < 1.29 is 9.15 Å². The Kier molecular flexibility index (Phi) is 5.42. The normalized spacial score (nSPS) is 12.9. The van der Waals surface area contributed by atoms with Gasteiger partial charge >= 0.3 is 0 Å². The molecule has 0 fully saturated rings. The minimum absolute atomic E-state index is 0.174. The van der Waals surface area contributed by atoms with E-state index in [2.05, 4.69) is 24.1 Å². The van der Waals surface area contributed by atoms with Crippen molar-refractivity contribution in [3.8, 4) is 5.75 Å². The van der Waals surface area contributed by atoms with Crippen LogP contribution < -0.4 is 10.5 Å². The van der Waals surface area contributed by atoms with Crippen LogP contribution in [0.25, 0.3) is 0 Å². The molecule has 0 aliphatic heterocycles. The molecule has 1 atom stereocenters. The number of hydrogen-bond donors (Lipinski definition) is 1. The van der Waals surface area contributed by atoms with Gasteiger partial charge in [-0.3, -0.25) is 4.90 Å². The second-order valence-electron chi connectivity index (χ2n) is 5.53. The third-order valence-corrected chi connectivity index (χ3v) is 3.40. The fraction of sp³-hybridized carbons (Fsp3) is 0.412. The molecule has 1 aromatic carbocycles. The SMILES string of the molecule is CC(C)Oc1ccc(C(CN)N(C)Cc2ccoc2)cc1. The van der Waals surface area contributed by atoms with Crippen LogP contribution >= 0.6 is 0 Å². The summed E-state index contributed by atoms with van der Waals surface area (Å²) in [5, 5.41) is 0. The smallest absolute Gasteiger partial charge is 0.119 e. The molecular weight excluding hydrogens is 264 g/mol. The Labute approximate surface area is 126 Å². The Morgan fingerprint density at radius 2 is 1.90 bits per heavy atom. The van der Waals surface area contributed by atoms with Gasteiger partial charge in [0.1, 0.15) is 5.75 Å². The van der Waals surface area contributed by atoms with E-state index < -0.39 is 0 Å². The van der Waals surface area contributed by atoms with E-state index in [1.165, 1.54) is 5.56 Å². The van der Waals surface area contributed by atoms with Gasteiger partial charge < -0.3 is 14.9 Å². The summed E-state index contributed by atoms with van der Waals surface area (Å²) in [6.45, 7) is 5.42. The summed E-state index contributed by atoms with van der Waals surface area (Å²) in [6.07, 6.45) is 3.65. The number of hydrogen-bond acceptors (Lipinski definition) is 4. The molecular formula is C17H24N2O2. The van der Waals surface area contributed by atoms with E-state index in [0.717, 1.165) is 17.9 Å². The molecule has 21 heavy (non-hydrogen) atoms. The molecule has 0 aliphatic carbocycles. The van der Waals surface area contributed by atoms with E-state index in [9.17, 15) is 0 Å². The molecule has 0 saturated heterocycles. The Hall–Kier alpha value is -1.78. The van der Waals surface area contributed by atoms with Crippen LogP contribution in [0, 0.1) is 0 Å². The minimum Gasteiger partial charge on any atom is -0.491 e. The zero-order chi connectivity index (χ0) is 15.2. The topological polar surface area (TPSA) is 51.6 Å². The number of rotatable bonds is 7. The van der Waals surface area contributed by atoms with Gasteiger partial charge in [-0.25, -0.2) is 0 Å². The lowest BCUT2D eigenvalue weighted by atomic mass is 10.1. The van der Waals surface area contributed by atoms with Crippen molar-refractivity contribution in [1.82, 2.24) is 4.90 Å². The highest BCUT2D eigenvalue weighted by atomic mass is 16.5. The average Bonchev–Trinajstić information content (AvgIpc) is 2.93. The van der Waals surface area contributed by atoms with E-state index in [-0.39, 0.29) is 12.1 Å². The van der Waals surface area contributed by atoms with Gasteiger partial charge in [0.2, 0.25) is 0 Å². The zero-order valence-corrected chi connectivity index (χ0v) is 13.0. The fourth-order valence-electron chi connectivity index (χ4n) is 2.39. The predicted octanol–water partition coefficient (Wildman–Crippen LogP) is 3.20. The van der Waals surface area contributed by atoms with E-state index in [1.807, 2.05) is 32.0 Å². The van der Waals surface area contributed by atoms with Crippen molar-refractivity contribution in [3.63, 3.8) is 0 Å². The lowest BCUT2D eigenvalue weighted by Crippen LogP contribution is -2.30. The van der Waals surface area contributed by atoms with Gasteiger partial charge in [-0.05, 0) is 44.7 Å². The molecule has 0 bridgehead atoms. The lowest BCUT2D eigenvalue weighted by Gasteiger charge is -2.27. The van der Waals surface area contributed by atoms with Crippen molar-refractivity contribution in [2.45, 2.75) is 32.5 Å². The first-order valence-corrected chi connectivity index (χ1v) is 7.28. The van der Waals surface area contributed by atoms with Crippen LogP contribution in [0.5, 0.6) is 5.75 Å². The maximum atomic E-state index is 5.96. The van der Waals surface area contributed by atoms with Crippen LogP contribution in [0.4, 0.5) is 0 Å². The van der Waals surface area contributed by atoms with E-state index in [4.69, 9.17) is 14.9 Å². The summed E-state index contributed by atoms with van der Waals surface area (Å²) >= 11 is 0. The molecule has 2 aromatic rings. The largest absolute Gasteiger partial charge is 0.491 e. The highest BCUT2D eigenvalue weighted by Gasteiger charge is 2.16. The monoisotopic (exact) mass is 288 g/mol. The van der Waals surface area contributed by atoms with Gasteiger partial charge in [0.25, 0.3) is 0 Å². The Bertz CT molecular complexity index is 520. The molecule has 0 amide bonds. The lowest BCUT2D eigenvalue weighted by molar-refractivity contribution is 0.237. The molecule has 114 valence electrons. The first-order chi connectivity index (χ1) is 10.1. The van der Waals surface area contributed by atoms with Crippen LogP contribution in [-0.2, 0) is 6.54 Å². The van der Waals surface area contributed by atoms with Crippen molar-refractivity contribution in [1.29, 1.82) is 0 Å². The number of benzene rings is 1. The maximum Gasteiger partial charge on any atom is 0.119 e. The molecule has 1 aromatic heterocycles. The van der Waals surface area contributed by atoms with E-state index >= 15 is 0 Å². The molecule has 1 heterocycles. The van der Waals surface area contributed by atoms with Gasteiger partial charge in [0.15, 0.2) is 0 Å². The number of ether oxygens (including phenoxy) is 1. The average molecular weight is 288 g/mol. The Morgan fingerprint density at radius 1 is 1.19 bits per heavy atom. The number of likely N-dealkylation sites (N-methyl/N-ethyl adjacent to an activating group) is 1. The van der Waals surface area contributed by atoms with Crippen LogP contribution in [-0.4, -0.2) is 24.6 Å². The van der Waals surface area contributed by atoms with Crippen LogP contribution in [0.2, 0.25) is 0 Å². The number of furan rings is 1. The van der Waals surface area contributed by atoms with Crippen molar-refractivity contribution in [2.24, 2.45) is 5.73 Å². The third kappa shape index (κ3) is 4.34. The summed E-state index contributed by atoms with van der Waals surface area (Å²) in [7, 11) is 2.07. The van der Waals surface area contributed by atoms with E-state index in [1.54, 1.807) is 12.5 Å². The van der Waals surface area contributed by atoms with Crippen LogP contribution in [0.3, 0.4) is 0 Å².